The number of hydrogen-bond donors (Lipinski definition) is 0. The average molecular weight is 531 g/mol. The van der Waals surface area contributed by atoms with E-state index < -0.39 is 37.6 Å². The topological polar surface area (TPSA) is 91.6 Å². The Bertz CT molecular complexity index is 1320. The maximum absolute atomic E-state index is 13.3. The van der Waals surface area contributed by atoms with Crippen LogP contribution in [0.3, 0.4) is 0 Å². The monoisotopic (exact) mass is 531 g/mol. The third-order valence-corrected chi connectivity index (χ3v) is 5.32. The normalized spacial score (nSPS) is 15.8. The molecule has 0 fully saturated rings. The second-order valence-corrected chi connectivity index (χ2v) is 7.99. The van der Waals surface area contributed by atoms with E-state index in [0.29, 0.717) is 15.8 Å². The number of pyridine rings is 2. The minimum absolute atomic E-state index is 0.0343. The fraction of sp³-hybridized carbons (Fsp3) is 0.364. The highest BCUT2D eigenvalue weighted by Gasteiger charge is 2.44. The highest BCUT2D eigenvalue weighted by molar-refractivity contribution is 6.11. The van der Waals surface area contributed by atoms with Crippen LogP contribution in [0.25, 0.3) is 11.3 Å². The smallest absolute Gasteiger partial charge is 0.411 e. The highest BCUT2D eigenvalue weighted by Crippen LogP contribution is 2.41. The van der Waals surface area contributed by atoms with Crippen molar-refractivity contribution in [3.63, 3.8) is 0 Å². The number of aryl methyl sites for hydroxylation is 1. The molecule has 9 nitrogen and oxygen atoms in total. The second-order valence-electron chi connectivity index (χ2n) is 7.99. The molecule has 1 amide bonds. The summed E-state index contributed by atoms with van der Waals surface area (Å²) in [6, 6.07) is 3.07. The molecule has 0 saturated heterocycles. The molecule has 37 heavy (non-hydrogen) atoms. The van der Waals surface area contributed by atoms with Gasteiger partial charge < -0.3 is 14.2 Å². The zero-order valence-electron chi connectivity index (χ0n) is 19.5. The molecule has 0 spiro atoms. The van der Waals surface area contributed by atoms with Crippen LogP contribution < -0.4 is 14.4 Å². The Kier molecular flexibility index (Phi) is 6.75. The van der Waals surface area contributed by atoms with Gasteiger partial charge in [0.2, 0.25) is 0 Å². The summed E-state index contributed by atoms with van der Waals surface area (Å²) >= 11 is 0. The highest BCUT2D eigenvalue weighted by atomic mass is 19.4. The van der Waals surface area contributed by atoms with E-state index in [0.717, 1.165) is 17.3 Å². The van der Waals surface area contributed by atoms with Gasteiger partial charge in [-0.3, -0.25) is 14.4 Å². The Hall–Kier alpha value is -3.88. The average Bonchev–Trinajstić information content (AvgIpc) is 3.36. The number of alkyl halides is 6. The third kappa shape index (κ3) is 5.45. The lowest BCUT2D eigenvalue weighted by Gasteiger charge is -2.24. The first-order chi connectivity index (χ1) is 17.3. The molecule has 0 radical (unpaired) electrons. The maximum atomic E-state index is 13.3. The number of nitrogens with zero attached hydrogens (tertiary/aromatic N) is 5. The van der Waals surface area contributed by atoms with Crippen LogP contribution in [0, 0.1) is 6.92 Å². The number of rotatable bonds is 7. The number of hydrogen-bond acceptors (Lipinski definition) is 7. The summed E-state index contributed by atoms with van der Waals surface area (Å²) in [7, 11) is 2.78. The molecule has 0 N–H and O–H groups in total. The third-order valence-electron chi connectivity index (χ3n) is 5.32. The van der Waals surface area contributed by atoms with Crippen LogP contribution in [0.5, 0.6) is 11.6 Å². The summed E-state index contributed by atoms with van der Waals surface area (Å²) in [6.45, 7) is -1.64. The molecule has 0 aliphatic carbocycles. The van der Waals surface area contributed by atoms with E-state index in [2.05, 4.69) is 15.1 Å². The molecule has 15 heteroatoms. The quantitative estimate of drug-likeness (QED) is 0.416. The molecule has 3 aromatic heterocycles. The molecule has 1 unspecified atom stereocenters. The predicted octanol–water partition coefficient (Wildman–Crippen LogP) is 4.47. The molecular weight excluding hydrogens is 512 g/mol. The van der Waals surface area contributed by atoms with Crippen LogP contribution in [0.1, 0.15) is 27.8 Å². The summed E-state index contributed by atoms with van der Waals surface area (Å²) in [4.78, 5) is 22.6. The van der Waals surface area contributed by atoms with Gasteiger partial charge in [-0.1, -0.05) is 0 Å². The number of carbonyl (C=O) groups excluding carboxylic acids is 1. The number of fused-ring (bicyclic) bond motifs is 1. The van der Waals surface area contributed by atoms with Crippen LogP contribution in [0.4, 0.5) is 32.0 Å². The first kappa shape index (κ1) is 26.2. The Balaban J connectivity index is 1.79. The van der Waals surface area contributed by atoms with Crippen molar-refractivity contribution in [3.8, 4) is 22.9 Å². The van der Waals surface area contributed by atoms with Crippen molar-refractivity contribution >= 4 is 11.6 Å². The maximum Gasteiger partial charge on any atom is 0.411 e. The number of amides is 1. The van der Waals surface area contributed by atoms with E-state index in [9.17, 15) is 31.1 Å². The molecule has 3 aromatic rings. The zero-order chi connectivity index (χ0) is 27.1. The van der Waals surface area contributed by atoms with Crippen molar-refractivity contribution in [2.24, 2.45) is 0 Å². The van der Waals surface area contributed by atoms with Gasteiger partial charge in [0, 0.05) is 18.0 Å². The van der Waals surface area contributed by atoms with Crippen LogP contribution >= 0.6 is 0 Å². The van der Waals surface area contributed by atoms with Gasteiger partial charge in [-0.15, -0.1) is 0 Å². The number of ether oxygens (including phenoxy) is 3. The van der Waals surface area contributed by atoms with E-state index >= 15 is 0 Å². The molecule has 0 aromatic carbocycles. The number of halogens is 6. The van der Waals surface area contributed by atoms with Crippen molar-refractivity contribution < 1.29 is 45.3 Å². The first-order valence-corrected chi connectivity index (χ1v) is 10.5. The molecule has 0 bridgehead atoms. The summed E-state index contributed by atoms with van der Waals surface area (Å²) < 4.78 is 93.4. The van der Waals surface area contributed by atoms with Crippen molar-refractivity contribution in [2.45, 2.75) is 32.0 Å². The number of aromatic nitrogens is 4. The summed E-state index contributed by atoms with van der Waals surface area (Å²) in [5.74, 6) is -0.344. The van der Waals surface area contributed by atoms with Crippen molar-refractivity contribution in [1.29, 1.82) is 0 Å². The minimum Gasteiger partial charge on any atom is -0.491 e. The Morgan fingerprint density at radius 1 is 1.03 bits per heavy atom. The zero-order valence-corrected chi connectivity index (χ0v) is 19.5. The van der Waals surface area contributed by atoms with Gasteiger partial charge in [-0.25, -0.2) is 9.97 Å². The molecule has 1 aliphatic heterocycles. The SMILES string of the molecule is COc1cc(-c2cc(C)c3c(n2)C(OCC(F)(F)F)N(c2cnn(CC(F)(F)F)c2)C3=O)cnc1OC. The van der Waals surface area contributed by atoms with E-state index in [1.807, 2.05) is 0 Å². The van der Waals surface area contributed by atoms with Gasteiger partial charge in [0.1, 0.15) is 18.8 Å². The number of anilines is 1. The first-order valence-electron chi connectivity index (χ1n) is 10.5. The summed E-state index contributed by atoms with van der Waals surface area (Å²) in [6.07, 6.45) is -7.80. The Morgan fingerprint density at radius 2 is 1.76 bits per heavy atom. The minimum atomic E-state index is -4.75. The van der Waals surface area contributed by atoms with Gasteiger partial charge in [-0.2, -0.15) is 31.4 Å². The van der Waals surface area contributed by atoms with Crippen molar-refractivity contribution in [2.75, 3.05) is 25.7 Å². The lowest BCUT2D eigenvalue weighted by atomic mass is 10.0. The Labute approximate surface area is 205 Å². The largest absolute Gasteiger partial charge is 0.491 e. The van der Waals surface area contributed by atoms with E-state index in [4.69, 9.17) is 14.2 Å². The van der Waals surface area contributed by atoms with Crippen LogP contribution in [0.15, 0.2) is 30.7 Å². The van der Waals surface area contributed by atoms with Gasteiger partial charge in [-0.05, 0) is 24.6 Å². The van der Waals surface area contributed by atoms with Crippen LogP contribution in [0.2, 0.25) is 0 Å². The molecule has 4 heterocycles. The van der Waals surface area contributed by atoms with Crippen molar-refractivity contribution in [1.82, 2.24) is 19.7 Å². The van der Waals surface area contributed by atoms with Crippen molar-refractivity contribution in [3.05, 3.63) is 47.5 Å². The van der Waals surface area contributed by atoms with Gasteiger partial charge in [0.05, 0.1) is 37.4 Å². The molecule has 1 aliphatic rings. The van der Waals surface area contributed by atoms with E-state index in [1.165, 1.54) is 26.5 Å². The lowest BCUT2D eigenvalue weighted by molar-refractivity contribution is -0.185. The van der Waals surface area contributed by atoms with Gasteiger partial charge in [0.25, 0.3) is 11.8 Å². The fourth-order valence-electron chi connectivity index (χ4n) is 3.85. The van der Waals surface area contributed by atoms with Gasteiger partial charge >= 0.3 is 12.4 Å². The Morgan fingerprint density at radius 3 is 2.38 bits per heavy atom. The van der Waals surface area contributed by atoms with Crippen LogP contribution in [-0.2, 0) is 11.3 Å². The van der Waals surface area contributed by atoms with E-state index in [1.54, 1.807) is 13.0 Å². The second kappa shape index (κ2) is 9.53. The number of methoxy groups -OCH3 is 2. The number of carbonyl (C=O) groups is 1. The van der Waals surface area contributed by atoms with Gasteiger partial charge in [0.15, 0.2) is 12.0 Å². The van der Waals surface area contributed by atoms with E-state index in [-0.39, 0.29) is 34.3 Å². The summed E-state index contributed by atoms with van der Waals surface area (Å²) in [5, 5.41) is 3.58. The molecule has 4 rings (SSSR count). The molecule has 1 atom stereocenters. The molecular formula is C22H19F6N5O4. The molecule has 198 valence electrons. The van der Waals surface area contributed by atoms with Crippen LogP contribution in [-0.4, -0.2) is 58.8 Å². The summed E-state index contributed by atoms with van der Waals surface area (Å²) in [5.41, 5.74) is 0.643. The fourth-order valence-corrected chi connectivity index (χ4v) is 3.85. The lowest BCUT2D eigenvalue weighted by Crippen LogP contribution is -2.32. The standard InChI is InChI=1S/C22H19F6N5O4/c1-11-4-14(12-5-15(35-2)18(36-3)29-6-12)31-17-16(11)19(34)33(20(17)37-10-22(26,27)28)13-7-30-32(8-13)9-21(23,24)25/h4-8,20H,9-10H2,1-3H3. The predicted molar refractivity (Wildman–Crippen MR) is 115 cm³/mol. The molecule has 0 saturated carbocycles.